The number of amides is 1. The SMILES string of the molecule is CC(c1ccc(Cl)cc1)N(C(=O)C1CCCO1)C1CC1. The van der Waals surface area contributed by atoms with E-state index in [9.17, 15) is 4.79 Å². The van der Waals surface area contributed by atoms with Crippen molar-refractivity contribution in [2.75, 3.05) is 6.61 Å². The third kappa shape index (κ3) is 2.84. The van der Waals surface area contributed by atoms with Crippen molar-refractivity contribution in [3.63, 3.8) is 0 Å². The summed E-state index contributed by atoms with van der Waals surface area (Å²) >= 11 is 5.94. The number of rotatable bonds is 4. The normalized spacial score (nSPS) is 23.6. The molecule has 1 saturated carbocycles. The summed E-state index contributed by atoms with van der Waals surface area (Å²) in [4.78, 5) is 14.7. The molecule has 1 heterocycles. The third-order valence-corrected chi connectivity index (χ3v) is 4.42. The lowest BCUT2D eigenvalue weighted by molar-refractivity contribution is -0.143. The van der Waals surface area contributed by atoms with E-state index in [1.807, 2.05) is 29.2 Å². The van der Waals surface area contributed by atoms with Crippen molar-refractivity contribution in [2.45, 2.75) is 50.8 Å². The quantitative estimate of drug-likeness (QED) is 0.849. The van der Waals surface area contributed by atoms with E-state index in [0.29, 0.717) is 12.6 Å². The molecule has 2 unspecified atom stereocenters. The predicted molar refractivity (Wildman–Crippen MR) is 78.7 cm³/mol. The molecule has 3 nitrogen and oxygen atoms in total. The molecule has 4 heteroatoms. The molecule has 1 saturated heterocycles. The molecule has 1 aromatic carbocycles. The lowest BCUT2D eigenvalue weighted by Crippen LogP contribution is -2.42. The van der Waals surface area contributed by atoms with Crippen LogP contribution in [0.4, 0.5) is 0 Å². The molecule has 20 heavy (non-hydrogen) atoms. The van der Waals surface area contributed by atoms with Crippen molar-refractivity contribution >= 4 is 17.5 Å². The van der Waals surface area contributed by atoms with Crippen molar-refractivity contribution in [3.8, 4) is 0 Å². The zero-order chi connectivity index (χ0) is 14.1. The van der Waals surface area contributed by atoms with Gasteiger partial charge in [-0.05, 0) is 50.3 Å². The number of halogens is 1. The van der Waals surface area contributed by atoms with Crippen molar-refractivity contribution in [1.29, 1.82) is 0 Å². The average molecular weight is 294 g/mol. The van der Waals surface area contributed by atoms with Crippen LogP contribution in [0.1, 0.15) is 44.2 Å². The number of hydrogen-bond acceptors (Lipinski definition) is 2. The van der Waals surface area contributed by atoms with Crippen LogP contribution < -0.4 is 0 Å². The average Bonchev–Trinajstić information content (AvgIpc) is 3.12. The van der Waals surface area contributed by atoms with Gasteiger partial charge >= 0.3 is 0 Å². The van der Waals surface area contributed by atoms with Gasteiger partial charge in [0, 0.05) is 17.7 Å². The van der Waals surface area contributed by atoms with E-state index < -0.39 is 0 Å². The van der Waals surface area contributed by atoms with Crippen molar-refractivity contribution in [2.24, 2.45) is 0 Å². The van der Waals surface area contributed by atoms with Crippen LogP contribution in [0.15, 0.2) is 24.3 Å². The number of carbonyl (C=O) groups excluding carboxylic acids is 1. The second-order valence-electron chi connectivity index (χ2n) is 5.71. The Bertz CT molecular complexity index is 478. The summed E-state index contributed by atoms with van der Waals surface area (Å²) in [7, 11) is 0. The molecule has 2 fully saturated rings. The van der Waals surface area contributed by atoms with Gasteiger partial charge < -0.3 is 9.64 Å². The monoisotopic (exact) mass is 293 g/mol. The van der Waals surface area contributed by atoms with Gasteiger partial charge in [0.05, 0.1) is 6.04 Å². The molecule has 0 bridgehead atoms. The topological polar surface area (TPSA) is 29.5 Å². The van der Waals surface area contributed by atoms with E-state index in [1.54, 1.807) is 0 Å². The Kier molecular flexibility index (Phi) is 3.99. The summed E-state index contributed by atoms with van der Waals surface area (Å²) in [6, 6.07) is 8.24. The first-order valence-corrected chi connectivity index (χ1v) is 7.74. The minimum absolute atomic E-state index is 0.0801. The summed E-state index contributed by atoms with van der Waals surface area (Å²) in [5.74, 6) is 0.160. The molecular weight excluding hydrogens is 274 g/mol. The minimum Gasteiger partial charge on any atom is -0.368 e. The van der Waals surface area contributed by atoms with Crippen molar-refractivity contribution in [1.82, 2.24) is 4.90 Å². The number of ether oxygens (including phenoxy) is 1. The van der Waals surface area contributed by atoms with Gasteiger partial charge in [-0.1, -0.05) is 23.7 Å². The molecule has 0 radical (unpaired) electrons. The van der Waals surface area contributed by atoms with Crippen molar-refractivity contribution < 1.29 is 9.53 Å². The Hall–Kier alpha value is -1.06. The number of benzene rings is 1. The molecule has 1 aliphatic heterocycles. The van der Waals surface area contributed by atoms with Gasteiger partial charge in [-0.3, -0.25) is 4.79 Å². The van der Waals surface area contributed by atoms with E-state index >= 15 is 0 Å². The highest BCUT2D eigenvalue weighted by atomic mass is 35.5. The Balaban J connectivity index is 1.79. The molecular formula is C16H20ClNO2. The molecule has 2 aliphatic rings. The van der Waals surface area contributed by atoms with E-state index in [1.165, 1.54) is 0 Å². The Labute approximate surface area is 124 Å². The molecule has 0 spiro atoms. The molecule has 2 atom stereocenters. The zero-order valence-electron chi connectivity index (χ0n) is 11.7. The maximum Gasteiger partial charge on any atom is 0.252 e. The lowest BCUT2D eigenvalue weighted by atomic mass is 10.1. The first-order chi connectivity index (χ1) is 9.66. The van der Waals surface area contributed by atoms with E-state index in [2.05, 4.69) is 6.92 Å². The van der Waals surface area contributed by atoms with E-state index in [-0.39, 0.29) is 18.1 Å². The maximum atomic E-state index is 12.7. The standard InChI is InChI=1S/C16H20ClNO2/c1-11(12-4-6-13(17)7-5-12)18(14-8-9-14)16(19)15-3-2-10-20-15/h4-7,11,14-15H,2-3,8-10H2,1H3. The smallest absolute Gasteiger partial charge is 0.252 e. The van der Waals surface area contributed by atoms with Gasteiger partial charge in [-0.15, -0.1) is 0 Å². The highest BCUT2D eigenvalue weighted by Crippen LogP contribution is 2.36. The molecule has 0 aromatic heterocycles. The predicted octanol–water partition coefficient (Wildman–Crippen LogP) is 3.57. The molecule has 1 amide bonds. The van der Waals surface area contributed by atoms with Crippen LogP contribution in [0.2, 0.25) is 5.02 Å². The van der Waals surface area contributed by atoms with Crippen LogP contribution in [0.5, 0.6) is 0 Å². The second-order valence-corrected chi connectivity index (χ2v) is 6.14. The summed E-state index contributed by atoms with van der Waals surface area (Å²) in [6.45, 7) is 2.80. The fraction of sp³-hybridized carbons (Fsp3) is 0.562. The van der Waals surface area contributed by atoms with Gasteiger partial charge in [-0.25, -0.2) is 0 Å². The summed E-state index contributed by atoms with van der Waals surface area (Å²) < 4.78 is 5.57. The van der Waals surface area contributed by atoms with Gasteiger partial charge in [-0.2, -0.15) is 0 Å². The van der Waals surface area contributed by atoms with Crippen LogP contribution in [0.25, 0.3) is 0 Å². The minimum atomic E-state index is -0.231. The Morgan fingerprint density at radius 3 is 2.55 bits per heavy atom. The van der Waals surface area contributed by atoms with Crippen molar-refractivity contribution in [3.05, 3.63) is 34.9 Å². The molecule has 3 rings (SSSR count). The number of carbonyl (C=O) groups is 1. The van der Waals surface area contributed by atoms with Gasteiger partial charge in [0.25, 0.3) is 5.91 Å². The molecule has 1 aliphatic carbocycles. The first-order valence-electron chi connectivity index (χ1n) is 7.36. The maximum absolute atomic E-state index is 12.7. The van der Waals surface area contributed by atoms with Crippen LogP contribution in [-0.4, -0.2) is 29.6 Å². The molecule has 1 aromatic rings. The third-order valence-electron chi connectivity index (χ3n) is 4.17. The van der Waals surface area contributed by atoms with Crippen LogP contribution in [0, 0.1) is 0 Å². The fourth-order valence-corrected chi connectivity index (χ4v) is 3.01. The second kappa shape index (κ2) is 5.74. The summed E-state index contributed by atoms with van der Waals surface area (Å²) in [5.41, 5.74) is 1.13. The summed E-state index contributed by atoms with van der Waals surface area (Å²) in [6.07, 6.45) is 3.83. The summed E-state index contributed by atoms with van der Waals surface area (Å²) in [5, 5.41) is 0.726. The number of nitrogens with zero attached hydrogens (tertiary/aromatic N) is 1. The van der Waals surface area contributed by atoms with E-state index in [0.717, 1.165) is 36.3 Å². The van der Waals surface area contributed by atoms with Gasteiger partial charge in [0.15, 0.2) is 0 Å². The molecule has 108 valence electrons. The molecule has 0 N–H and O–H groups in total. The van der Waals surface area contributed by atoms with Gasteiger partial charge in [0.2, 0.25) is 0 Å². The zero-order valence-corrected chi connectivity index (χ0v) is 12.5. The Morgan fingerprint density at radius 2 is 2.00 bits per heavy atom. The van der Waals surface area contributed by atoms with Crippen LogP contribution in [-0.2, 0) is 9.53 Å². The highest BCUT2D eigenvalue weighted by molar-refractivity contribution is 6.30. The fourth-order valence-electron chi connectivity index (χ4n) is 2.88. The van der Waals surface area contributed by atoms with E-state index in [4.69, 9.17) is 16.3 Å². The highest BCUT2D eigenvalue weighted by Gasteiger charge is 2.40. The first kappa shape index (κ1) is 13.9. The number of hydrogen-bond donors (Lipinski definition) is 0. The van der Waals surface area contributed by atoms with Crippen LogP contribution >= 0.6 is 11.6 Å². The lowest BCUT2D eigenvalue weighted by Gasteiger charge is -2.31. The van der Waals surface area contributed by atoms with Gasteiger partial charge in [0.1, 0.15) is 6.10 Å². The largest absolute Gasteiger partial charge is 0.368 e. The van der Waals surface area contributed by atoms with Crippen LogP contribution in [0.3, 0.4) is 0 Å². The Morgan fingerprint density at radius 1 is 1.30 bits per heavy atom.